The van der Waals surface area contributed by atoms with E-state index >= 15 is 0 Å². The lowest BCUT2D eigenvalue weighted by atomic mass is 9.88. The summed E-state index contributed by atoms with van der Waals surface area (Å²) >= 11 is 1.73. The van der Waals surface area contributed by atoms with Gasteiger partial charge in [-0.15, -0.1) is 11.3 Å². The van der Waals surface area contributed by atoms with Crippen LogP contribution in [-0.2, 0) is 16.0 Å². The van der Waals surface area contributed by atoms with Crippen molar-refractivity contribution in [2.45, 2.75) is 31.8 Å². The topological polar surface area (TPSA) is 58.6 Å². The molecule has 1 fully saturated rings. The van der Waals surface area contributed by atoms with Crippen molar-refractivity contribution in [2.75, 3.05) is 19.7 Å². The van der Waals surface area contributed by atoms with Gasteiger partial charge >= 0.3 is 0 Å². The fourth-order valence-electron chi connectivity index (χ4n) is 1.87. The van der Waals surface area contributed by atoms with Crippen molar-refractivity contribution in [2.24, 2.45) is 0 Å². The molecule has 0 spiro atoms. The molecule has 0 aromatic carbocycles. The summed E-state index contributed by atoms with van der Waals surface area (Å²) in [6.45, 7) is 4.56. The van der Waals surface area contributed by atoms with Crippen molar-refractivity contribution in [3.05, 3.63) is 22.4 Å². The fraction of sp³-hybridized carbons (Fsp3) is 0.615. The minimum atomic E-state index is -0.448. The van der Waals surface area contributed by atoms with E-state index in [9.17, 15) is 9.90 Å². The van der Waals surface area contributed by atoms with Crippen LogP contribution >= 0.6 is 11.3 Å². The Balaban J connectivity index is 0.000000280. The Kier molecular flexibility index (Phi) is 6.93. The highest BCUT2D eigenvalue weighted by Gasteiger charge is 2.29. The van der Waals surface area contributed by atoms with E-state index in [-0.39, 0.29) is 0 Å². The summed E-state index contributed by atoms with van der Waals surface area (Å²) in [6, 6.07) is 4.15. The van der Waals surface area contributed by atoms with Gasteiger partial charge in [0.2, 0.25) is 0 Å². The lowest BCUT2D eigenvalue weighted by molar-refractivity contribution is -0.128. The Labute approximate surface area is 112 Å². The molecule has 5 heteroatoms. The van der Waals surface area contributed by atoms with Crippen LogP contribution in [0.3, 0.4) is 0 Å². The highest BCUT2D eigenvalue weighted by Crippen LogP contribution is 2.25. The number of rotatable bonds is 4. The third-order valence-corrected chi connectivity index (χ3v) is 3.73. The van der Waals surface area contributed by atoms with Crippen LogP contribution in [0.15, 0.2) is 17.5 Å². The van der Waals surface area contributed by atoms with Gasteiger partial charge in [-0.1, -0.05) is 6.07 Å². The summed E-state index contributed by atoms with van der Waals surface area (Å²) in [5, 5.41) is 15.5. The van der Waals surface area contributed by atoms with Gasteiger partial charge in [-0.3, -0.25) is 4.79 Å². The molecule has 0 radical (unpaired) electrons. The molecule has 0 aliphatic carbocycles. The second kappa shape index (κ2) is 8.24. The van der Waals surface area contributed by atoms with Crippen LogP contribution < -0.4 is 5.32 Å². The van der Waals surface area contributed by atoms with E-state index in [4.69, 9.17) is 0 Å². The number of aliphatic hydroxyl groups is 1. The standard InChI is InChI=1S/C10H15NOS.C3H6O2/c12-10(3-5-11-6-4-10)8-9-2-1-7-13-9;1-2-5-3-4/h1-2,7,11-12H,3-6,8H2;3H,2H2,1H3. The molecule has 0 bridgehead atoms. The van der Waals surface area contributed by atoms with Crippen molar-refractivity contribution < 1.29 is 14.6 Å². The van der Waals surface area contributed by atoms with Crippen molar-refractivity contribution in [1.82, 2.24) is 5.32 Å². The third kappa shape index (κ3) is 5.62. The van der Waals surface area contributed by atoms with Gasteiger partial charge in [0.25, 0.3) is 6.47 Å². The van der Waals surface area contributed by atoms with E-state index < -0.39 is 5.60 Å². The van der Waals surface area contributed by atoms with Crippen LogP contribution in [-0.4, -0.2) is 36.9 Å². The molecule has 1 aromatic rings. The highest BCUT2D eigenvalue weighted by molar-refractivity contribution is 7.09. The quantitative estimate of drug-likeness (QED) is 0.816. The number of thiophene rings is 1. The van der Waals surface area contributed by atoms with Crippen LogP contribution in [0.2, 0.25) is 0 Å². The SMILES string of the molecule is CCOC=O.OC1(Cc2cccs2)CCNCC1. The smallest absolute Gasteiger partial charge is 0.293 e. The number of carbonyl (C=O) groups is 1. The summed E-state index contributed by atoms with van der Waals surface area (Å²) in [6.07, 6.45) is 2.59. The van der Waals surface area contributed by atoms with Crippen LogP contribution in [0.5, 0.6) is 0 Å². The van der Waals surface area contributed by atoms with Crippen LogP contribution in [0.25, 0.3) is 0 Å². The van der Waals surface area contributed by atoms with E-state index in [1.54, 1.807) is 18.3 Å². The van der Waals surface area contributed by atoms with Crippen molar-refractivity contribution in [3.63, 3.8) is 0 Å². The second-order valence-electron chi connectivity index (χ2n) is 4.28. The molecular formula is C13H21NO3S. The zero-order valence-electron chi connectivity index (χ0n) is 10.7. The Morgan fingerprint density at radius 2 is 2.28 bits per heavy atom. The largest absolute Gasteiger partial charge is 0.468 e. The van der Waals surface area contributed by atoms with Crippen molar-refractivity contribution in [1.29, 1.82) is 0 Å². The average Bonchev–Trinajstić information content (AvgIpc) is 2.84. The summed E-state index contributed by atoms with van der Waals surface area (Å²) in [5.74, 6) is 0. The molecule has 0 unspecified atom stereocenters. The Bertz CT molecular complexity index is 321. The Morgan fingerprint density at radius 3 is 2.72 bits per heavy atom. The van der Waals surface area contributed by atoms with Gasteiger partial charge in [0.15, 0.2) is 0 Å². The summed E-state index contributed by atoms with van der Waals surface area (Å²) in [7, 11) is 0. The van der Waals surface area contributed by atoms with E-state index in [1.165, 1.54) is 4.88 Å². The first kappa shape index (κ1) is 15.1. The molecule has 2 rings (SSSR count). The third-order valence-electron chi connectivity index (χ3n) is 2.85. The summed E-state index contributed by atoms with van der Waals surface area (Å²) < 4.78 is 4.15. The number of piperidine rings is 1. The number of nitrogens with one attached hydrogen (secondary N) is 1. The average molecular weight is 271 g/mol. The van der Waals surface area contributed by atoms with Crippen LogP contribution in [0.1, 0.15) is 24.6 Å². The minimum absolute atomic E-state index is 0.431. The lowest BCUT2D eigenvalue weighted by Crippen LogP contribution is -2.43. The zero-order chi connectivity index (χ0) is 13.3. The molecule has 1 aliphatic rings. The van der Waals surface area contributed by atoms with E-state index in [1.807, 2.05) is 6.07 Å². The molecule has 1 aromatic heterocycles. The molecule has 18 heavy (non-hydrogen) atoms. The molecule has 4 nitrogen and oxygen atoms in total. The van der Waals surface area contributed by atoms with E-state index in [0.29, 0.717) is 13.1 Å². The summed E-state index contributed by atoms with van der Waals surface area (Å²) in [4.78, 5) is 10.5. The van der Waals surface area contributed by atoms with Gasteiger partial charge < -0.3 is 15.2 Å². The van der Waals surface area contributed by atoms with Gasteiger partial charge in [0.05, 0.1) is 12.2 Å². The molecule has 2 N–H and O–H groups in total. The predicted molar refractivity (Wildman–Crippen MR) is 72.8 cm³/mol. The van der Waals surface area contributed by atoms with Crippen molar-refractivity contribution >= 4 is 17.8 Å². The number of ether oxygens (including phenoxy) is 1. The van der Waals surface area contributed by atoms with Gasteiger partial charge in [-0.25, -0.2) is 0 Å². The predicted octanol–water partition coefficient (Wildman–Crippen LogP) is 1.58. The van der Waals surface area contributed by atoms with Gasteiger partial charge in [-0.05, 0) is 44.3 Å². The maximum atomic E-state index is 10.2. The molecular weight excluding hydrogens is 250 g/mol. The maximum Gasteiger partial charge on any atom is 0.293 e. The molecule has 102 valence electrons. The van der Waals surface area contributed by atoms with Gasteiger partial charge in [0.1, 0.15) is 0 Å². The molecule has 0 amide bonds. The molecule has 0 saturated carbocycles. The zero-order valence-corrected chi connectivity index (χ0v) is 11.5. The van der Waals surface area contributed by atoms with Gasteiger partial charge in [0, 0.05) is 11.3 Å². The fourth-order valence-corrected chi connectivity index (χ4v) is 2.72. The molecule has 0 atom stereocenters. The normalized spacial score (nSPS) is 17.4. The van der Waals surface area contributed by atoms with Crippen LogP contribution in [0.4, 0.5) is 0 Å². The Morgan fingerprint density at radius 1 is 1.56 bits per heavy atom. The minimum Gasteiger partial charge on any atom is -0.468 e. The second-order valence-corrected chi connectivity index (χ2v) is 5.31. The van der Waals surface area contributed by atoms with Gasteiger partial charge in [-0.2, -0.15) is 0 Å². The van der Waals surface area contributed by atoms with E-state index in [2.05, 4.69) is 21.5 Å². The lowest BCUT2D eigenvalue weighted by Gasteiger charge is -2.32. The highest BCUT2D eigenvalue weighted by atomic mass is 32.1. The molecule has 2 heterocycles. The van der Waals surface area contributed by atoms with E-state index in [0.717, 1.165) is 32.4 Å². The van der Waals surface area contributed by atoms with Crippen molar-refractivity contribution in [3.8, 4) is 0 Å². The number of carbonyl (C=O) groups excluding carboxylic acids is 1. The number of hydrogen-bond donors (Lipinski definition) is 2. The molecule has 1 aliphatic heterocycles. The monoisotopic (exact) mass is 271 g/mol. The summed E-state index contributed by atoms with van der Waals surface area (Å²) in [5.41, 5.74) is -0.448. The molecule has 1 saturated heterocycles. The maximum absolute atomic E-state index is 10.2. The van der Waals surface area contributed by atoms with Crippen LogP contribution in [0, 0.1) is 0 Å². The first-order chi connectivity index (χ1) is 8.70. The first-order valence-corrected chi connectivity index (χ1v) is 7.09. The first-order valence-electron chi connectivity index (χ1n) is 6.21. The number of hydrogen-bond acceptors (Lipinski definition) is 5. The Hall–Kier alpha value is -0.910.